The molecule has 0 bridgehead atoms. The van der Waals surface area contributed by atoms with Crippen molar-refractivity contribution in [2.75, 3.05) is 26.2 Å². The van der Waals surface area contributed by atoms with Crippen LogP contribution in [0.5, 0.6) is 0 Å². The fraction of sp³-hybridized carbons (Fsp3) is 0.833. The number of hydrogen-bond acceptors (Lipinski definition) is 3. The molecule has 1 heterocycles. The van der Waals surface area contributed by atoms with Crippen molar-refractivity contribution in [2.24, 2.45) is 11.7 Å². The highest BCUT2D eigenvalue weighted by molar-refractivity contribution is 5.85. The van der Waals surface area contributed by atoms with Gasteiger partial charge in [0.25, 0.3) is 0 Å². The summed E-state index contributed by atoms with van der Waals surface area (Å²) < 4.78 is 0. The van der Waals surface area contributed by atoms with Crippen LogP contribution in [0.4, 0.5) is 4.79 Å². The number of urea groups is 1. The van der Waals surface area contributed by atoms with Gasteiger partial charge in [-0.2, -0.15) is 0 Å². The van der Waals surface area contributed by atoms with Crippen molar-refractivity contribution in [3.63, 3.8) is 0 Å². The quantitative estimate of drug-likeness (QED) is 0.771. The van der Waals surface area contributed by atoms with Crippen molar-refractivity contribution in [1.29, 1.82) is 0 Å². The van der Waals surface area contributed by atoms with Crippen molar-refractivity contribution in [3.05, 3.63) is 0 Å². The van der Waals surface area contributed by atoms with Gasteiger partial charge in [-0.15, -0.1) is 0 Å². The molecule has 0 radical (unpaired) electrons. The fourth-order valence-corrected chi connectivity index (χ4v) is 2.25. The summed E-state index contributed by atoms with van der Waals surface area (Å²) in [5, 5.41) is 9.20. The molecule has 1 fully saturated rings. The SMILES string of the molecule is CCN(C(=O)N1CCC(CN)C1)C(C)(C)C(=O)O. The number of hydrogen-bond donors (Lipinski definition) is 2. The molecule has 2 amide bonds. The van der Waals surface area contributed by atoms with Gasteiger partial charge in [-0.3, -0.25) is 0 Å². The van der Waals surface area contributed by atoms with Crippen molar-refractivity contribution < 1.29 is 14.7 Å². The van der Waals surface area contributed by atoms with Gasteiger partial charge in [0.05, 0.1) is 0 Å². The molecule has 0 aromatic rings. The largest absolute Gasteiger partial charge is 0.480 e. The van der Waals surface area contributed by atoms with E-state index in [1.807, 2.05) is 0 Å². The highest BCUT2D eigenvalue weighted by Gasteiger charge is 2.40. The second-order valence-electron chi connectivity index (χ2n) is 5.23. The molecule has 18 heavy (non-hydrogen) atoms. The molecule has 0 aromatic carbocycles. The summed E-state index contributed by atoms with van der Waals surface area (Å²) in [6, 6.07) is -0.208. The minimum atomic E-state index is -1.19. The molecule has 1 saturated heterocycles. The van der Waals surface area contributed by atoms with E-state index in [9.17, 15) is 14.7 Å². The Morgan fingerprint density at radius 2 is 2.11 bits per heavy atom. The molecule has 1 atom stereocenters. The van der Waals surface area contributed by atoms with Gasteiger partial charge in [0.1, 0.15) is 5.54 Å². The average molecular weight is 257 g/mol. The van der Waals surface area contributed by atoms with E-state index >= 15 is 0 Å². The van der Waals surface area contributed by atoms with Crippen molar-refractivity contribution in [3.8, 4) is 0 Å². The van der Waals surface area contributed by atoms with E-state index in [1.165, 1.54) is 4.90 Å². The Kier molecular flexibility index (Phi) is 4.56. The average Bonchev–Trinajstić information content (AvgIpc) is 2.77. The number of carbonyl (C=O) groups is 2. The zero-order chi connectivity index (χ0) is 13.9. The summed E-state index contributed by atoms with van der Waals surface area (Å²) in [7, 11) is 0. The van der Waals surface area contributed by atoms with E-state index in [0.717, 1.165) is 6.42 Å². The normalized spacial score (nSPS) is 20.0. The minimum absolute atomic E-state index is 0.208. The summed E-state index contributed by atoms with van der Waals surface area (Å²) in [5.74, 6) is -0.659. The standard InChI is InChI=1S/C12H23N3O3/c1-4-15(12(2,3)10(16)17)11(18)14-6-5-9(7-13)8-14/h9H,4-8,13H2,1-3H3,(H,16,17). The summed E-state index contributed by atoms with van der Waals surface area (Å²) in [6.45, 7) is 7.12. The summed E-state index contributed by atoms with van der Waals surface area (Å²) >= 11 is 0. The van der Waals surface area contributed by atoms with Crippen LogP contribution in [-0.2, 0) is 4.79 Å². The van der Waals surface area contributed by atoms with E-state index < -0.39 is 11.5 Å². The smallest absolute Gasteiger partial charge is 0.329 e. The summed E-state index contributed by atoms with van der Waals surface area (Å²) in [4.78, 5) is 26.7. The minimum Gasteiger partial charge on any atom is -0.480 e. The highest BCUT2D eigenvalue weighted by Crippen LogP contribution is 2.21. The van der Waals surface area contributed by atoms with E-state index in [2.05, 4.69) is 0 Å². The van der Waals surface area contributed by atoms with Gasteiger partial charge >= 0.3 is 12.0 Å². The fourth-order valence-electron chi connectivity index (χ4n) is 2.25. The molecule has 1 unspecified atom stereocenters. The number of likely N-dealkylation sites (N-methyl/N-ethyl adjacent to an activating group) is 1. The second kappa shape index (κ2) is 5.56. The Hall–Kier alpha value is -1.30. The topological polar surface area (TPSA) is 86.9 Å². The van der Waals surface area contributed by atoms with Crippen LogP contribution in [0.3, 0.4) is 0 Å². The summed E-state index contributed by atoms with van der Waals surface area (Å²) in [6.07, 6.45) is 0.896. The van der Waals surface area contributed by atoms with E-state index in [1.54, 1.807) is 25.7 Å². The lowest BCUT2D eigenvalue weighted by Gasteiger charge is -2.37. The van der Waals surface area contributed by atoms with Crippen LogP contribution in [0, 0.1) is 5.92 Å². The molecule has 0 saturated carbocycles. The number of amides is 2. The molecule has 0 spiro atoms. The number of nitrogens with zero attached hydrogens (tertiary/aromatic N) is 2. The van der Waals surface area contributed by atoms with Gasteiger partial charge < -0.3 is 20.6 Å². The van der Waals surface area contributed by atoms with Crippen LogP contribution in [0.15, 0.2) is 0 Å². The van der Waals surface area contributed by atoms with Crippen molar-refractivity contribution in [1.82, 2.24) is 9.80 Å². The van der Waals surface area contributed by atoms with Crippen LogP contribution in [0.1, 0.15) is 27.2 Å². The van der Waals surface area contributed by atoms with Gasteiger partial charge in [0, 0.05) is 19.6 Å². The Labute approximate surface area is 108 Å². The number of nitrogens with two attached hydrogens (primary N) is 1. The summed E-state index contributed by atoms with van der Waals surface area (Å²) in [5.41, 5.74) is 4.41. The van der Waals surface area contributed by atoms with Gasteiger partial charge in [-0.25, -0.2) is 9.59 Å². The predicted octanol–water partition coefficient (Wildman–Crippen LogP) is 0.572. The molecule has 1 aliphatic rings. The zero-order valence-corrected chi connectivity index (χ0v) is 11.3. The Bertz CT molecular complexity index is 331. The lowest BCUT2D eigenvalue weighted by molar-refractivity contribution is -0.147. The third-order valence-electron chi connectivity index (χ3n) is 3.64. The van der Waals surface area contributed by atoms with Crippen LogP contribution in [-0.4, -0.2) is 58.6 Å². The first-order valence-electron chi connectivity index (χ1n) is 6.34. The first-order valence-corrected chi connectivity index (χ1v) is 6.34. The molecule has 0 aromatic heterocycles. The van der Waals surface area contributed by atoms with Gasteiger partial charge in [-0.05, 0) is 39.7 Å². The Balaban J connectivity index is 2.78. The zero-order valence-electron chi connectivity index (χ0n) is 11.3. The van der Waals surface area contributed by atoms with Gasteiger partial charge in [-0.1, -0.05) is 0 Å². The van der Waals surface area contributed by atoms with Crippen molar-refractivity contribution in [2.45, 2.75) is 32.7 Å². The molecule has 3 N–H and O–H groups in total. The molecule has 104 valence electrons. The van der Waals surface area contributed by atoms with E-state index in [4.69, 9.17) is 5.73 Å². The lowest BCUT2D eigenvalue weighted by atomic mass is 10.0. The Morgan fingerprint density at radius 3 is 2.50 bits per heavy atom. The Morgan fingerprint density at radius 1 is 1.50 bits per heavy atom. The third-order valence-corrected chi connectivity index (χ3v) is 3.64. The van der Waals surface area contributed by atoms with E-state index in [-0.39, 0.29) is 6.03 Å². The molecule has 1 aliphatic heterocycles. The molecule has 1 rings (SSSR count). The van der Waals surface area contributed by atoms with Crippen LogP contribution < -0.4 is 5.73 Å². The highest BCUT2D eigenvalue weighted by atomic mass is 16.4. The van der Waals surface area contributed by atoms with Crippen LogP contribution in [0.2, 0.25) is 0 Å². The van der Waals surface area contributed by atoms with Gasteiger partial charge in [0.15, 0.2) is 0 Å². The number of carboxylic acid groups (broad SMARTS) is 1. The number of carbonyl (C=O) groups excluding carboxylic acids is 1. The number of rotatable bonds is 4. The van der Waals surface area contributed by atoms with Crippen molar-refractivity contribution >= 4 is 12.0 Å². The van der Waals surface area contributed by atoms with Crippen LogP contribution >= 0.6 is 0 Å². The lowest BCUT2D eigenvalue weighted by Crippen LogP contribution is -2.56. The predicted molar refractivity (Wildman–Crippen MR) is 68.2 cm³/mol. The molecular formula is C12H23N3O3. The number of carboxylic acids is 1. The maximum Gasteiger partial charge on any atom is 0.329 e. The second-order valence-corrected chi connectivity index (χ2v) is 5.23. The van der Waals surface area contributed by atoms with Crippen LogP contribution in [0.25, 0.3) is 0 Å². The third kappa shape index (κ3) is 2.75. The number of likely N-dealkylation sites (tertiary alicyclic amines) is 1. The van der Waals surface area contributed by atoms with E-state index in [0.29, 0.717) is 32.1 Å². The maximum absolute atomic E-state index is 12.3. The first-order chi connectivity index (χ1) is 8.34. The number of aliphatic carboxylic acids is 1. The monoisotopic (exact) mass is 257 g/mol. The first kappa shape index (κ1) is 14.8. The molecule has 6 nitrogen and oxygen atoms in total. The molecule has 6 heteroatoms. The molecular weight excluding hydrogens is 234 g/mol. The maximum atomic E-state index is 12.3. The molecule has 0 aliphatic carbocycles. The van der Waals surface area contributed by atoms with Gasteiger partial charge in [0.2, 0.25) is 0 Å².